The van der Waals surface area contributed by atoms with Crippen molar-refractivity contribution in [2.75, 3.05) is 17.5 Å². The van der Waals surface area contributed by atoms with Gasteiger partial charge < -0.3 is 9.47 Å². The van der Waals surface area contributed by atoms with Crippen molar-refractivity contribution < 1.29 is 17.9 Å². The summed E-state index contributed by atoms with van der Waals surface area (Å²) in [5.41, 5.74) is 2.06. The molecule has 0 N–H and O–H groups in total. The van der Waals surface area contributed by atoms with Crippen LogP contribution in [0.1, 0.15) is 40.2 Å². The molecule has 0 spiro atoms. The monoisotopic (exact) mass is 453 g/mol. The van der Waals surface area contributed by atoms with E-state index in [1.807, 2.05) is 26.0 Å². The van der Waals surface area contributed by atoms with Crippen LogP contribution < -0.4 is 13.8 Å². The zero-order chi connectivity index (χ0) is 23.4. The van der Waals surface area contributed by atoms with Gasteiger partial charge in [-0.1, -0.05) is 32.9 Å². The summed E-state index contributed by atoms with van der Waals surface area (Å²) in [6, 6.07) is 21.2. The molecule has 0 amide bonds. The molecule has 0 radical (unpaired) electrons. The van der Waals surface area contributed by atoms with Gasteiger partial charge in [0.25, 0.3) is 10.0 Å². The van der Waals surface area contributed by atoms with E-state index in [4.69, 9.17) is 9.47 Å². The van der Waals surface area contributed by atoms with E-state index >= 15 is 0 Å². The van der Waals surface area contributed by atoms with Gasteiger partial charge in [-0.25, -0.2) is 12.7 Å². The Bertz CT molecular complexity index is 1060. The largest absolute Gasteiger partial charge is 0.494 e. The number of benzene rings is 3. The van der Waals surface area contributed by atoms with E-state index < -0.39 is 10.0 Å². The summed E-state index contributed by atoms with van der Waals surface area (Å²) >= 11 is 0. The highest BCUT2D eigenvalue weighted by atomic mass is 32.2. The lowest BCUT2D eigenvalue weighted by Crippen LogP contribution is -2.26. The summed E-state index contributed by atoms with van der Waals surface area (Å²) in [7, 11) is -3.87. The Morgan fingerprint density at radius 3 is 1.44 bits per heavy atom. The van der Waals surface area contributed by atoms with Crippen LogP contribution in [0.3, 0.4) is 0 Å². The standard InChI is InChI=1S/C26H31NO4S/c1-6-30-23-14-10-21(11-15-23)27(22-12-16-24(17-13-22)31-7-2)32(28,29)25-18-8-20(9-19-25)26(3,4)5/h8-19H,6-7H2,1-5H3. The molecule has 0 heterocycles. The van der Waals surface area contributed by atoms with Gasteiger partial charge in [0.2, 0.25) is 0 Å². The van der Waals surface area contributed by atoms with E-state index in [-0.39, 0.29) is 10.3 Å². The van der Waals surface area contributed by atoms with E-state index in [1.54, 1.807) is 60.7 Å². The molecule has 0 aliphatic rings. The molecule has 3 aromatic rings. The van der Waals surface area contributed by atoms with Crippen molar-refractivity contribution in [3.8, 4) is 11.5 Å². The lowest BCUT2D eigenvalue weighted by Gasteiger charge is -2.26. The van der Waals surface area contributed by atoms with Crippen molar-refractivity contribution in [3.05, 3.63) is 78.4 Å². The molecule has 0 atom stereocenters. The van der Waals surface area contributed by atoms with Gasteiger partial charge in [-0.05, 0) is 85.5 Å². The van der Waals surface area contributed by atoms with E-state index in [2.05, 4.69) is 20.8 Å². The molecule has 0 aliphatic heterocycles. The molecule has 0 saturated heterocycles. The number of sulfonamides is 1. The Morgan fingerprint density at radius 2 is 1.09 bits per heavy atom. The number of nitrogens with zero attached hydrogens (tertiary/aromatic N) is 1. The molecule has 6 heteroatoms. The first-order chi connectivity index (χ1) is 15.2. The van der Waals surface area contributed by atoms with Gasteiger partial charge in [0, 0.05) is 0 Å². The van der Waals surface area contributed by atoms with Gasteiger partial charge in [0.1, 0.15) is 11.5 Å². The molecule has 0 aliphatic carbocycles. The molecule has 170 valence electrons. The highest BCUT2D eigenvalue weighted by Crippen LogP contribution is 2.35. The van der Waals surface area contributed by atoms with Crippen LogP contribution in [-0.4, -0.2) is 21.6 Å². The smallest absolute Gasteiger partial charge is 0.268 e. The lowest BCUT2D eigenvalue weighted by molar-refractivity contribution is 0.340. The highest BCUT2D eigenvalue weighted by molar-refractivity contribution is 7.93. The number of hydrogen-bond acceptors (Lipinski definition) is 4. The maximum absolute atomic E-state index is 13.8. The Balaban J connectivity index is 2.08. The van der Waals surface area contributed by atoms with Gasteiger partial charge >= 0.3 is 0 Å². The second-order valence-electron chi connectivity index (χ2n) is 8.40. The molecule has 0 bridgehead atoms. The van der Waals surface area contributed by atoms with Crippen LogP contribution in [0.4, 0.5) is 11.4 Å². The maximum atomic E-state index is 13.8. The molecule has 0 saturated carbocycles. The molecule has 5 nitrogen and oxygen atoms in total. The van der Waals surface area contributed by atoms with Crippen LogP contribution in [0.2, 0.25) is 0 Å². The third kappa shape index (κ3) is 5.25. The molecule has 0 aromatic heterocycles. The van der Waals surface area contributed by atoms with Crippen molar-refractivity contribution >= 4 is 21.4 Å². The van der Waals surface area contributed by atoms with Crippen molar-refractivity contribution in [2.45, 2.75) is 44.9 Å². The predicted molar refractivity (Wildman–Crippen MR) is 130 cm³/mol. The number of ether oxygens (including phenoxy) is 2. The first-order valence-electron chi connectivity index (χ1n) is 10.8. The van der Waals surface area contributed by atoms with Crippen LogP contribution in [0.25, 0.3) is 0 Å². The Hall–Kier alpha value is -2.99. The van der Waals surface area contributed by atoms with Gasteiger partial charge in [0.05, 0.1) is 29.5 Å². The van der Waals surface area contributed by atoms with Crippen molar-refractivity contribution in [1.82, 2.24) is 0 Å². The molecule has 0 unspecified atom stereocenters. The summed E-state index contributed by atoms with van der Waals surface area (Å²) in [6.07, 6.45) is 0. The van der Waals surface area contributed by atoms with Crippen molar-refractivity contribution in [1.29, 1.82) is 0 Å². The summed E-state index contributed by atoms with van der Waals surface area (Å²) in [6.45, 7) is 11.2. The van der Waals surface area contributed by atoms with Crippen molar-refractivity contribution in [2.24, 2.45) is 0 Å². The molecule has 32 heavy (non-hydrogen) atoms. The lowest BCUT2D eigenvalue weighted by atomic mass is 9.87. The number of anilines is 2. The topological polar surface area (TPSA) is 55.8 Å². The fourth-order valence-electron chi connectivity index (χ4n) is 3.35. The summed E-state index contributed by atoms with van der Waals surface area (Å²) in [5, 5.41) is 0. The molecular formula is C26H31NO4S. The molecular weight excluding hydrogens is 422 g/mol. The van der Waals surface area contributed by atoms with Crippen LogP contribution in [0.15, 0.2) is 77.7 Å². The second-order valence-corrected chi connectivity index (χ2v) is 10.2. The van der Waals surface area contributed by atoms with E-state index in [0.717, 1.165) is 5.56 Å². The SMILES string of the molecule is CCOc1ccc(N(c2ccc(OCC)cc2)S(=O)(=O)c2ccc(C(C)(C)C)cc2)cc1. The van der Waals surface area contributed by atoms with Crippen LogP contribution >= 0.6 is 0 Å². The first kappa shape index (κ1) is 23.7. The van der Waals surface area contributed by atoms with Crippen LogP contribution in [0.5, 0.6) is 11.5 Å². The minimum Gasteiger partial charge on any atom is -0.494 e. The number of hydrogen-bond donors (Lipinski definition) is 0. The third-order valence-corrected chi connectivity index (χ3v) is 6.79. The van der Waals surface area contributed by atoms with Gasteiger partial charge in [-0.15, -0.1) is 0 Å². The molecule has 3 rings (SSSR count). The Labute approximate surface area is 191 Å². The third-order valence-electron chi connectivity index (χ3n) is 5.02. The van der Waals surface area contributed by atoms with E-state index in [0.29, 0.717) is 36.1 Å². The van der Waals surface area contributed by atoms with Crippen LogP contribution in [0, 0.1) is 0 Å². The van der Waals surface area contributed by atoms with Gasteiger partial charge in [-0.3, -0.25) is 0 Å². The zero-order valence-electron chi connectivity index (χ0n) is 19.3. The maximum Gasteiger partial charge on any atom is 0.268 e. The Morgan fingerprint density at radius 1 is 0.688 bits per heavy atom. The van der Waals surface area contributed by atoms with Gasteiger partial charge in [-0.2, -0.15) is 0 Å². The molecule has 0 fully saturated rings. The Kier molecular flexibility index (Phi) is 7.14. The van der Waals surface area contributed by atoms with Gasteiger partial charge in [0.15, 0.2) is 0 Å². The first-order valence-corrected chi connectivity index (χ1v) is 12.2. The second kappa shape index (κ2) is 9.65. The fraction of sp³-hybridized carbons (Fsp3) is 0.308. The summed E-state index contributed by atoms with van der Waals surface area (Å²) in [4.78, 5) is 0.230. The summed E-state index contributed by atoms with van der Waals surface area (Å²) in [5.74, 6) is 1.38. The zero-order valence-corrected chi connectivity index (χ0v) is 20.1. The van der Waals surface area contributed by atoms with Crippen molar-refractivity contribution in [3.63, 3.8) is 0 Å². The summed E-state index contributed by atoms with van der Waals surface area (Å²) < 4.78 is 39.9. The quantitative estimate of drug-likeness (QED) is 0.401. The predicted octanol–water partition coefficient (Wildman–Crippen LogP) is 6.31. The van der Waals surface area contributed by atoms with Crippen LogP contribution in [-0.2, 0) is 15.4 Å². The minimum absolute atomic E-state index is 0.0633. The average Bonchev–Trinajstić information content (AvgIpc) is 2.76. The minimum atomic E-state index is -3.87. The molecule has 3 aromatic carbocycles. The number of rotatable bonds is 8. The average molecular weight is 454 g/mol. The van der Waals surface area contributed by atoms with E-state index in [1.165, 1.54) is 4.31 Å². The van der Waals surface area contributed by atoms with E-state index in [9.17, 15) is 8.42 Å². The highest BCUT2D eigenvalue weighted by Gasteiger charge is 2.27. The normalized spacial score (nSPS) is 11.8. The fourth-order valence-corrected chi connectivity index (χ4v) is 4.84.